The molecule has 4 heterocycles. The summed E-state index contributed by atoms with van der Waals surface area (Å²) in [5.41, 5.74) is -2.03. The lowest BCUT2D eigenvalue weighted by Gasteiger charge is -2.37. The summed E-state index contributed by atoms with van der Waals surface area (Å²) in [4.78, 5) is 57.1. The molecule has 0 N–H and O–H groups in total. The highest BCUT2D eigenvalue weighted by atomic mass is 35.5. The first-order chi connectivity index (χ1) is 20.6. The van der Waals surface area contributed by atoms with E-state index in [2.05, 4.69) is 0 Å². The maximum atomic E-state index is 14.9. The van der Waals surface area contributed by atoms with Crippen LogP contribution in [0.2, 0.25) is 20.1 Å². The van der Waals surface area contributed by atoms with Crippen LogP contribution in [0.4, 0.5) is 25.0 Å². The van der Waals surface area contributed by atoms with Gasteiger partial charge >= 0.3 is 17.8 Å². The number of fused-ring (bicyclic) bond motifs is 4. The molecule has 1 spiro atoms. The molecule has 2 saturated heterocycles. The van der Waals surface area contributed by atoms with Gasteiger partial charge in [0, 0.05) is 45.8 Å². The fraction of sp³-hybridized carbons (Fsp3) is 0.357. The Balaban J connectivity index is 1.48. The van der Waals surface area contributed by atoms with Crippen LogP contribution in [0.1, 0.15) is 29.9 Å². The summed E-state index contributed by atoms with van der Waals surface area (Å²) in [6, 6.07) is 5.10. The molecule has 3 atom stereocenters. The number of anilines is 2. The van der Waals surface area contributed by atoms with E-state index in [-0.39, 0.29) is 55.0 Å². The standard InChI is InChI=1S/C28H21Cl4F2N3O7/c1-12-21(44-26(41)43-12)10-42-23(38)19-8-17-9-27(33,34)11-36(17)28(19)18-6-15(31)7-20(32)22(18)37(24(28)39)25(40)35(2)16-4-13(29)3-14(30)5-16/h3-7,17,19H,8-11H2,1-2H3/t17-,19-,28+/m0/s1. The molecule has 1 aromatic heterocycles. The number of benzene rings is 2. The number of esters is 1. The van der Waals surface area contributed by atoms with Crippen molar-refractivity contribution < 1.29 is 36.7 Å². The van der Waals surface area contributed by atoms with E-state index in [9.17, 15) is 28.0 Å². The topological polar surface area (TPSA) is 114 Å². The molecular weight excluding hydrogens is 670 g/mol. The third kappa shape index (κ3) is 4.78. The number of urea groups is 1. The van der Waals surface area contributed by atoms with E-state index in [0.29, 0.717) is 0 Å². The minimum atomic E-state index is -3.20. The molecule has 6 rings (SSSR count). The van der Waals surface area contributed by atoms with Crippen LogP contribution in [0.5, 0.6) is 0 Å². The van der Waals surface area contributed by atoms with Crippen LogP contribution in [0.25, 0.3) is 0 Å². The first-order valence-electron chi connectivity index (χ1n) is 13.1. The molecule has 232 valence electrons. The van der Waals surface area contributed by atoms with Crippen LogP contribution >= 0.6 is 46.4 Å². The SMILES string of the molecule is Cc1oc(=O)oc1COC(=O)[C@@H]1C[C@H]2CC(F)(F)CN2[C@@]12C(=O)N(C(=O)N(C)c1cc(Cl)cc(Cl)c1)c1c(Cl)cc(Cl)cc12. The maximum Gasteiger partial charge on any atom is 0.519 e. The van der Waals surface area contributed by atoms with E-state index in [4.69, 9.17) is 60.0 Å². The van der Waals surface area contributed by atoms with E-state index < -0.39 is 66.7 Å². The lowest BCUT2D eigenvalue weighted by atomic mass is 9.78. The summed E-state index contributed by atoms with van der Waals surface area (Å²) in [6.07, 6.45) is -0.847. The van der Waals surface area contributed by atoms with Crippen molar-refractivity contribution in [1.29, 1.82) is 0 Å². The number of ether oxygens (including phenoxy) is 1. The average molecular weight is 691 g/mol. The molecule has 2 fully saturated rings. The number of carbonyl (C=O) groups excluding carboxylic acids is 3. The minimum absolute atomic E-state index is 0.000880. The monoisotopic (exact) mass is 689 g/mol. The normalized spacial score (nSPS) is 23.7. The van der Waals surface area contributed by atoms with Crippen LogP contribution in [-0.2, 0) is 26.5 Å². The maximum absolute atomic E-state index is 14.9. The van der Waals surface area contributed by atoms with Gasteiger partial charge in [-0.15, -0.1) is 0 Å². The molecule has 10 nitrogen and oxygen atoms in total. The van der Waals surface area contributed by atoms with Crippen molar-refractivity contribution in [3.63, 3.8) is 0 Å². The quantitative estimate of drug-likeness (QED) is 0.288. The summed E-state index contributed by atoms with van der Waals surface area (Å²) in [5, 5.41) is 0.348. The Morgan fingerprint density at radius 2 is 1.70 bits per heavy atom. The fourth-order valence-corrected chi connectivity index (χ4v) is 7.53. The van der Waals surface area contributed by atoms with Gasteiger partial charge in [-0.05, 0) is 43.7 Å². The Morgan fingerprint density at radius 3 is 2.34 bits per heavy atom. The molecule has 3 amide bonds. The lowest BCUT2D eigenvalue weighted by Crippen LogP contribution is -2.57. The average Bonchev–Trinajstić information content (AvgIpc) is 3.59. The smallest absolute Gasteiger partial charge is 0.457 e. The number of carbonyl (C=O) groups is 3. The summed E-state index contributed by atoms with van der Waals surface area (Å²) in [5.74, 6) is -7.51. The van der Waals surface area contributed by atoms with Crippen LogP contribution < -0.4 is 15.6 Å². The number of halogens is 6. The van der Waals surface area contributed by atoms with Crippen molar-refractivity contribution in [3.8, 4) is 0 Å². The minimum Gasteiger partial charge on any atom is -0.457 e. The summed E-state index contributed by atoms with van der Waals surface area (Å²) in [6.45, 7) is 0.0213. The predicted octanol–water partition coefficient (Wildman–Crippen LogP) is 6.43. The van der Waals surface area contributed by atoms with Crippen LogP contribution in [0.3, 0.4) is 0 Å². The van der Waals surface area contributed by atoms with Gasteiger partial charge in [0.05, 0.1) is 23.2 Å². The Bertz CT molecular complexity index is 1780. The van der Waals surface area contributed by atoms with Gasteiger partial charge in [0.25, 0.3) is 11.8 Å². The molecule has 0 bridgehead atoms. The summed E-state index contributed by atoms with van der Waals surface area (Å²) >= 11 is 25.3. The highest BCUT2D eigenvalue weighted by Gasteiger charge is 2.72. The van der Waals surface area contributed by atoms with Crippen molar-refractivity contribution in [2.24, 2.45) is 5.92 Å². The van der Waals surface area contributed by atoms with Gasteiger partial charge in [-0.2, -0.15) is 0 Å². The molecule has 0 radical (unpaired) electrons. The second-order valence-corrected chi connectivity index (χ2v) is 12.5. The van der Waals surface area contributed by atoms with Gasteiger partial charge in [-0.25, -0.2) is 23.3 Å². The number of imide groups is 1. The summed E-state index contributed by atoms with van der Waals surface area (Å²) in [7, 11) is 1.36. The fourth-order valence-electron chi connectivity index (χ4n) is 6.44. The zero-order chi connectivity index (χ0) is 31.9. The molecule has 3 aromatic rings. The van der Waals surface area contributed by atoms with Crippen LogP contribution in [0, 0.1) is 12.8 Å². The molecule has 2 aromatic carbocycles. The number of rotatable bonds is 4. The number of amides is 3. The second kappa shape index (κ2) is 10.7. The van der Waals surface area contributed by atoms with E-state index in [1.165, 1.54) is 49.2 Å². The summed E-state index contributed by atoms with van der Waals surface area (Å²) < 4.78 is 45.0. The molecular formula is C28H21Cl4F2N3O7. The third-order valence-corrected chi connectivity index (χ3v) is 9.15. The molecule has 0 aliphatic carbocycles. The van der Waals surface area contributed by atoms with Crippen molar-refractivity contribution in [2.45, 2.75) is 43.9 Å². The lowest BCUT2D eigenvalue weighted by molar-refractivity contribution is -0.158. The molecule has 0 saturated carbocycles. The van der Waals surface area contributed by atoms with E-state index in [0.717, 1.165) is 9.80 Å². The molecule has 0 unspecified atom stereocenters. The molecule has 44 heavy (non-hydrogen) atoms. The zero-order valence-electron chi connectivity index (χ0n) is 22.8. The van der Waals surface area contributed by atoms with E-state index in [1.54, 1.807) is 0 Å². The van der Waals surface area contributed by atoms with E-state index in [1.807, 2.05) is 0 Å². The van der Waals surface area contributed by atoms with Crippen LogP contribution in [0.15, 0.2) is 44.0 Å². The van der Waals surface area contributed by atoms with Gasteiger partial charge in [-0.1, -0.05) is 46.4 Å². The zero-order valence-corrected chi connectivity index (χ0v) is 25.9. The predicted molar refractivity (Wildman–Crippen MR) is 156 cm³/mol. The number of hydrogen-bond acceptors (Lipinski definition) is 8. The van der Waals surface area contributed by atoms with Crippen molar-refractivity contribution in [1.82, 2.24) is 4.90 Å². The third-order valence-electron chi connectivity index (χ3n) is 8.21. The highest BCUT2D eigenvalue weighted by Crippen LogP contribution is 2.61. The van der Waals surface area contributed by atoms with Crippen molar-refractivity contribution in [2.75, 3.05) is 23.4 Å². The van der Waals surface area contributed by atoms with Gasteiger partial charge in [0.15, 0.2) is 18.1 Å². The molecule has 3 aliphatic rings. The van der Waals surface area contributed by atoms with Crippen molar-refractivity contribution in [3.05, 3.63) is 78.1 Å². The van der Waals surface area contributed by atoms with Gasteiger partial charge in [0.1, 0.15) is 5.54 Å². The Morgan fingerprint density at radius 1 is 1.05 bits per heavy atom. The van der Waals surface area contributed by atoms with Gasteiger partial charge in [0.2, 0.25) is 0 Å². The molecule has 3 aliphatic heterocycles. The largest absolute Gasteiger partial charge is 0.519 e. The van der Waals surface area contributed by atoms with Gasteiger partial charge in [-0.3, -0.25) is 19.4 Å². The Hall–Kier alpha value is -3.16. The number of hydrogen-bond donors (Lipinski definition) is 0. The van der Waals surface area contributed by atoms with E-state index >= 15 is 0 Å². The highest BCUT2D eigenvalue weighted by molar-refractivity contribution is 6.40. The first kappa shape index (κ1) is 30.8. The van der Waals surface area contributed by atoms with Crippen molar-refractivity contribution >= 4 is 75.7 Å². The molecule has 16 heteroatoms. The van der Waals surface area contributed by atoms with Crippen LogP contribution in [-0.4, -0.2) is 48.4 Å². The number of nitrogens with zero attached hydrogens (tertiary/aromatic N) is 3. The second-order valence-electron chi connectivity index (χ2n) is 10.8. The Labute approximate surface area is 267 Å². The number of aryl methyl sites for hydroxylation is 1. The first-order valence-corrected chi connectivity index (χ1v) is 14.6. The Kier molecular flexibility index (Phi) is 7.52. The van der Waals surface area contributed by atoms with Gasteiger partial charge < -0.3 is 13.6 Å². The number of alkyl halides is 2.